The van der Waals surface area contributed by atoms with E-state index < -0.39 is 11.7 Å². The summed E-state index contributed by atoms with van der Waals surface area (Å²) in [6.45, 7) is 11.3. The highest BCUT2D eigenvalue weighted by atomic mass is 35.5. The standard InChI is InChI=1S/C24H27ClFN3O2S/c1-4-7-17(5-2)31-18-10-12-29(13-11-18)21(23-16(3)28-15-32-23)14-27-24(30)22-19(25)8-6-9-20(22)26/h4-9,15,18,21H,1-2,10-14H2,3H3,(H,27,30)/b17-7+. The van der Waals surface area contributed by atoms with Crippen LogP contribution < -0.4 is 5.32 Å². The largest absolute Gasteiger partial charge is 0.490 e. The Hall–Kier alpha value is -2.48. The summed E-state index contributed by atoms with van der Waals surface area (Å²) in [6, 6.07) is 4.15. The number of benzene rings is 1. The first-order chi connectivity index (χ1) is 15.4. The van der Waals surface area contributed by atoms with Gasteiger partial charge in [-0.2, -0.15) is 0 Å². The van der Waals surface area contributed by atoms with Crippen LogP contribution in [0.3, 0.4) is 0 Å². The van der Waals surface area contributed by atoms with E-state index in [1.807, 2.05) is 6.92 Å². The quantitative estimate of drug-likeness (QED) is 0.387. The number of amides is 1. The second-order valence-corrected chi connectivity index (χ2v) is 8.78. The number of aromatic nitrogens is 1. The van der Waals surface area contributed by atoms with E-state index in [0.29, 0.717) is 12.3 Å². The first kappa shape index (κ1) is 24.2. The lowest BCUT2D eigenvalue weighted by atomic mass is 10.0. The van der Waals surface area contributed by atoms with Crippen molar-refractivity contribution in [3.63, 3.8) is 0 Å². The van der Waals surface area contributed by atoms with Crippen LogP contribution in [0.25, 0.3) is 0 Å². The summed E-state index contributed by atoms with van der Waals surface area (Å²) >= 11 is 7.61. The molecule has 2 heterocycles. The molecule has 1 aromatic heterocycles. The number of ether oxygens (including phenoxy) is 1. The van der Waals surface area contributed by atoms with Gasteiger partial charge in [0, 0.05) is 24.5 Å². The number of carbonyl (C=O) groups excluding carboxylic acids is 1. The number of halogens is 2. The lowest BCUT2D eigenvalue weighted by molar-refractivity contribution is 0.0392. The summed E-state index contributed by atoms with van der Waals surface area (Å²) in [5.41, 5.74) is 2.60. The molecule has 8 heteroatoms. The minimum Gasteiger partial charge on any atom is -0.490 e. The summed E-state index contributed by atoms with van der Waals surface area (Å²) in [5, 5.41) is 2.97. The molecule has 1 aliphatic rings. The second kappa shape index (κ2) is 11.4. The van der Waals surface area contributed by atoms with E-state index in [1.54, 1.807) is 35.1 Å². The lowest BCUT2D eigenvalue weighted by Crippen LogP contribution is -2.43. The van der Waals surface area contributed by atoms with Gasteiger partial charge in [0.1, 0.15) is 17.7 Å². The Morgan fingerprint density at radius 2 is 2.19 bits per heavy atom. The van der Waals surface area contributed by atoms with E-state index in [9.17, 15) is 9.18 Å². The number of aryl methyl sites for hydroxylation is 1. The molecule has 5 nitrogen and oxygen atoms in total. The van der Waals surface area contributed by atoms with Gasteiger partial charge in [0.15, 0.2) is 0 Å². The van der Waals surface area contributed by atoms with E-state index in [1.165, 1.54) is 18.2 Å². The molecule has 1 fully saturated rings. The van der Waals surface area contributed by atoms with Crippen LogP contribution in [0, 0.1) is 12.7 Å². The first-order valence-electron chi connectivity index (χ1n) is 10.4. The Kier molecular flexibility index (Phi) is 8.61. The van der Waals surface area contributed by atoms with E-state index in [-0.39, 0.29) is 22.7 Å². The fraction of sp³-hybridized carbons (Fsp3) is 0.333. The molecule has 1 aromatic carbocycles. The summed E-state index contributed by atoms with van der Waals surface area (Å²) in [5.74, 6) is -0.449. The predicted octanol–water partition coefficient (Wildman–Crippen LogP) is 5.45. The molecule has 0 spiro atoms. The number of likely N-dealkylation sites (tertiary alicyclic amines) is 1. The summed E-state index contributed by atoms with van der Waals surface area (Å²) in [4.78, 5) is 20.5. The molecule has 1 N–H and O–H groups in total. The van der Waals surface area contributed by atoms with Crippen molar-refractivity contribution in [1.29, 1.82) is 0 Å². The molecule has 0 radical (unpaired) electrons. The first-order valence-corrected chi connectivity index (χ1v) is 11.7. The summed E-state index contributed by atoms with van der Waals surface area (Å²) in [7, 11) is 0. The molecular weight excluding hydrogens is 449 g/mol. The Morgan fingerprint density at radius 3 is 2.78 bits per heavy atom. The van der Waals surface area contributed by atoms with Gasteiger partial charge in [-0.15, -0.1) is 11.3 Å². The van der Waals surface area contributed by atoms with Gasteiger partial charge in [0.05, 0.1) is 27.8 Å². The third-order valence-corrected chi connectivity index (χ3v) is 6.78. The topological polar surface area (TPSA) is 54.5 Å². The van der Waals surface area contributed by atoms with Crippen LogP contribution in [0.2, 0.25) is 5.02 Å². The molecule has 1 atom stereocenters. The zero-order valence-corrected chi connectivity index (χ0v) is 19.6. The fourth-order valence-electron chi connectivity index (χ4n) is 3.78. The van der Waals surface area contributed by atoms with E-state index in [2.05, 4.69) is 28.4 Å². The molecule has 32 heavy (non-hydrogen) atoms. The third kappa shape index (κ3) is 5.85. The fourth-order valence-corrected chi connectivity index (χ4v) is 4.97. The van der Waals surface area contributed by atoms with Crippen LogP contribution >= 0.6 is 22.9 Å². The number of thiazole rings is 1. The van der Waals surface area contributed by atoms with Gasteiger partial charge in [0.25, 0.3) is 5.91 Å². The van der Waals surface area contributed by atoms with Crippen molar-refractivity contribution in [2.24, 2.45) is 0 Å². The minimum atomic E-state index is -0.635. The van der Waals surface area contributed by atoms with Gasteiger partial charge in [-0.1, -0.05) is 36.9 Å². The number of nitrogens with one attached hydrogen (secondary N) is 1. The van der Waals surface area contributed by atoms with Crippen LogP contribution in [-0.4, -0.2) is 41.5 Å². The van der Waals surface area contributed by atoms with Crippen molar-refractivity contribution in [3.05, 3.63) is 87.8 Å². The van der Waals surface area contributed by atoms with E-state index >= 15 is 0 Å². The van der Waals surface area contributed by atoms with Gasteiger partial charge in [-0.3, -0.25) is 9.69 Å². The van der Waals surface area contributed by atoms with Crippen molar-refractivity contribution >= 4 is 28.8 Å². The van der Waals surface area contributed by atoms with Crippen LogP contribution in [0.4, 0.5) is 4.39 Å². The Bertz CT molecular complexity index is 979. The SMILES string of the molecule is C=C/C=C(\C=C)OC1CCN(C(CNC(=O)c2c(F)cccc2Cl)c2scnc2C)CC1. The van der Waals surface area contributed by atoms with E-state index in [4.69, 9.17) is 16.3 Å². The molecule has 1 amide bonds. The van der Waals surface area contributed by atoms with Crippen molar-refractivity contribution < 1.29 is 13.9 Å². The number of piperidine rings is 1. The highest BCUT2D eigenvalue weighted by Gasteiger charge is 2.30. The lowest BCUT2D eigenvalue weighted by Gasteiger charge is -2.37. The average molecular weight is 476 g/mol. The maximum atomic E-state index is 14.2. The number of carbonyl (C=O) groups is 1. The molecule has 2 aromatic rings. The molecule has 170 valence electrons. The molecular formula is C24H27ClFN3O2S. The average Bonchev–Trinajstić information content (AvgIpc) is 3.20. The minimum absolute atomic E-state index is 0.0689. The predicted molar refractivity (Wildman–Crippen MR) is 127 cm³/mol. The van der Waals surface area contributed by atoms with Crippen molar-refractivity contribution in [1.82, 2.24) is 15.2 Å². The smallest absolute Gasteiger partial charge is 0.255 e. The second-order valence-electron chi connectivity index (χ2n) is 7.49. The Balaban J connectivity index is 1.69. The number of nitrogens with zero attached hydrogens (tertiary/aromatic N) is 2. The van der Waals surface area contributed by atoms with E-state index in [0.717, 1.165) is 36.5 Å². The van der Waals surface area contributed by atoms with Gasteiger partial charge < -0.3 is 10.1 Å². The maximum absolute atomic E-state index is 14.2. The van der Waals surface area contributed by atoms with Gasteiger partial charge in [-0.05, 0) is 44.1 Å². The van der Waals surface area contributed by atoms with Crippen LogP contribution in [-0.2, 0) is 4.74 Å². The highest BCUT2D eigenvalue weighted by Crippen LogP contribution is 2.30. The Morgan fingerprint density at radius 1 is 1.44 bits per heavy atom. The number of hydrogen-bond donors (Lipinski definition) is 1. The van der Waals surface area contributed by atoms with Crippen LogP contribution in [0.5, 0.6) is 0 Å². The van der Waals surface area contributed by atoms with Crippen molar-refractivity contribution in [3.8, 4) is 0 Å². The van der Waals surface area contributed by atoms with Crippen LogP contribution in [0.15, 0.2) is 60.9 Å². The zero-order chi connectivity index (χ0) is 23.1. The van der Waals surface area contributed by atoms with Crippen LogP contribution in [0.1, 0.15) is 39.8 Å². The monoisotopic (exact) mass is 475 g/mol. The summed E-state index contributed by atoms with van der Waals surface area (Å²) in [6.07, 6.45) is 6.92. The molecule has 0 saturated carbocycles. The zero-order valence-electron chi connectivity index (χ0n) is 18.0. The Labute approximate surface area is 197 Å². The normalized spacial score (nSPS) is 16.4. The molecule has 0 aliphatic carbocycles. The van der Waals surface area contributed by atoms with Crippen molar-refractivity contribution in [2.75, 3.05) is 19.6 Å². The molecule has 0 bridgehead atoms. The van der Waals surface area contributed by atoms with Gasteiger partial charge in [0.2, 0.25) is 0 Å². The molecule has 1 aliphatic heterocycles. The highest BCUT2D eigenvalue weighted by molar-refractivity contribution is 7.09. The molecule has 1 saturated heterocycles. The third-order valence-electron chi connectivity index (χ3n) is 5.43. The number of hydrogen-bond acceptors (Lipinski definition) is 5. The number of rotatable bonds is 9. The number of allylic oxidation sites excluding steroid dienone is 3. The summed E-state index contributed by atoms with van der Waals surface area (Å²) < 4.78 is 20.2. The van der Waals surface area contributed by atoms with Gasteiger partial charge in [-0.25, -0.2) is 9.37 Å². The van der Waals surface area contributed by atoms with Gasteiger partial charge >= 0.3 is 0 Å². The maximum Gasteiger partial charge on any atom is 0.255 e. The molecule has 1 unspecified atom stereocenters. The molecule has 3 rings (SSSR count). The van der Waals surface area contributed by atoms with Crippen molar-refractivity contribution in [2.45, 2.75) is 31.9 Å².